The first-order valence-corrected chi connectivity index (χ1v) is 21.4. The zero-order chi connectivity index (χ0) is 38.4. The van der Waals surface area contributed by atoms with Crippen molar-refractivity contribution in [1.82, 2.24) is 10.2 Å². The van der Waals surface area contributed by atoms with Gasteiger partial charge in [0.2, 0.25) is 5.91 Å². The van der Waals surface area contributed by atoms with Crippen molar-refractivity contribution in [2.45, 2.75) is 156 Å². The maximum absolute atomic E-state index is 14.0. The Kier molecular flexibility index (Phi) is 9.86. The minimum Gasteiger partial charge on any atom is -0.481 e. The van der Waals surface area contributed by atoms with Crippen LogP contribution in [0.4, 0.5) is 4.39 Å². The summed E-state index contributed by atoms with van der Waals surface area (Å²) in [6.45, 7) is 22.7. The van der Waals surface area contributed by atoms with Gasteiger partial charge in [-0.05, 0) is 172 Å². The van der Waals surface area contributed by atoms with E-state index in [2.05, 4.69) is 65.6 Å². The van der Waals surface area contributed by atoms with Gasteiger partial charge in [0.15, 0.2) is 0 Å². The lowest BCUT2D eigenvalue weighted by molar-refractivity contribution is -0.221. The number of nitrogens with one attached hydrogen (secondary N) is 1. The van der Waals surface area contributed by atoms with Crippen molar-refractivity contribution < 1.29 is 24.2 Å². The molecule has 53 heavy (non-hydrogen) atoms. The number of hydrogen-bond acceptors (Lipinski definition) is 4. The fourth-order valence-electron chi connectivity index (χ4n) is 15.2. The van der Waals surface area contributed by atoms with Crippen LogP contribution in [-0.2, 0) is 9.59 Å². The van der Waals surface area contributed by atoms with Crippen LogP contribution in [0.3, 0.4) is 0 Å². The van der Waals surface area contributed by atoms with Crippen LogP contribution in [0.25, 0.3) is 0 Å². The van der Waals surface area contributed by atoms with Gasteiger partial charge in [-0.2, -0.15) is 0 Å². The second-order valence-corrected chi connectivity index (χ2v) is 20.9. The van der Waals surface area contributed by atoms with E-state index in [4.69, 9.17) is 0 Å². The Bertz CT molecular complexity index is 1560. The fourth-order valence-corrected chi connectivity index (χ4v) is 15.2. The molecule has 6 aliphatic carbocycles. The number of carboxylic acids is 1. The summed E-state index contributed by atoms with van der Waals surface area (Å²) in [5, 5.41) is 25.5. The van der Waals surface area contributed by atoms with Gasteiger partial charge in [0.25, 0.3) is 0 Å². The third kappa shape index (κ3) is 5.88. The molecular weight excluding hydrogens is 664 g/mol. The second kappa shape index (κ2) is 13.3. The second-order valence-electron chi connectivity index (χ2n) is 20.9. The molecule has 10 atom stereocenters. The summed E-state index contributed by atoms with van der Waals surface area (Å²) in [6, 6.07) is 0. The van der Waals surface area contributed by atoms with Crippen LogP contribution in [0, 0.1) is 56.7 Å². The summed E-state index contributed by atoms with van der Waals surface area (Å²) in [7, 11) is 0. The van der Waals surface area contributed by atoms with Crippen LogP contribution < -0.4 is 5.32 Å². The highest BCUT2D eigenvalue weighted by Crippen LogP contribution is 2.76. The number of hydrogen-bond donors (Lipinski definition) is 3. The van der Waals surface area contributed by atoms with Crippen molar-refractivity contribution in [3.63, 3.8) is 0 Å². The summed E-state index contributed by atoms with van der Waals surface area (Å²) in [4.78, 5) is 25.8. The summed E-state index contributed by atoms with van der Waals surface area (Å²) < 4.78 is 14.0. The first kappa shape index (κ1) is 39.3. The number of aliphatic hydroxyl groups is 1. The predicted octanol–water partition coefficient (Wildman–Crippen LogP) is 9.44. The molecule has 5 fully saturated rings. The monoisotopic (exact) mass is 735 g/mol. The van der Waals surface area contributed by atoms with Crippen molar-refractivity contribution in [1.29, 1.82) is 0 Å². The van der Waals surface area contributed by atoms with Crippen molar-refractivity contribution in [3.8, 4) is 0 Å². The minimum atomic E-state index is -1.26. The lowest BCUT2D eigenvalue weighted by Gasteiger charge is -2.72. The molecule has 1 amide bonds. The molecule has 7 aliphatic rings. The Morgan fingerprint density at radius 2 is 1.60 bits per heavy atom. The predicted molar refractivity (Wildman–Crippen MR) is 210 cm³/mol. The molecule has 4 saturated carbocycles. The lowest BCUT2D eigenvalue weighted by atomic mass is 9.33. The molecule has 7 rings (SSSR count). The Balaban J connectivity index is 1.12. The average Bonchev–Trinajstić information content (AvgIpc) is 3.48. The highest BCUT2D eigenvalue weighted by atomic mass is 19.1. The number of nitrogens with zero attached hydrogens (tertiary/aromatic N) is 1. The van der Waals surface area contributed by atoms with Gasteiger partial charge in [0.05, 0.1) is 11.0 Å². The Morgan fingerprint density at radius 1 is 0.887 bits per heavy atom. The van der Waals surface area contributed by atoms with E-state index in [9.17, 15) is 24.2 Å². The molecule has 5 unspecified atom stereocenters. The summed E-state index contributed by atoms with van der Waals surface area (Å²) in [5.41, 5.74) is 2.79. The Hall–Kier alpha value is -1.99. The largest absolute Gasteiger partial charge is 0.481 e. The molecule has 0 radical (unpaired) electrons. The van der Waals surface area contributed by atoms with E-state index >= 15 is 0 Å². The highest BCUT2D eigenvalue weighted by Gasteiger charge is 2.70. The molecule has 0 spiro atoms. The average molecular weight is 735 g/mol. The minimum absolute atomic E-state index is 0.0221. The SMILES string of the molecule is C=C(C)[C@@H]1CCC2(NCCC3(O)CCN(C(C)=O)CC3)CC[C@]3(C)C(CC[C@@H]4C5(C)CC=C(C6=CC[C@](CF)(C(=O)O)CC6)C(C)(C)C5CCC43C)[C@@H]12. The number of carboxylic acid groups (broad SMARTS) is 1. The quantitative estimate of drug-likeness (QED) is 0.216. The number of allylic oxidation sites excluding steroid dienone is 5. The van der Waals surface area contributed by atoms with Gasteiger partial charge >= 0.3 is 5.97 Å². The van der Waals surface area contributed by atoms with Gasteiger partial charge in [-0.25, -0.2) is 4.39 Å². The van der Waals surface area contributed by atoms with Gasteiger partial charge in [-0.15, -0.1) is 0 Å². The van der Waals surface area contributed by atoms with Crippen LogP contribution in [0.5, 0.6) is 0 Å². The van der Waals surface area contributed by atoms with Crippen LogP contribution in [0.1, 0.15) is 145 Å². The lowest BCUT2D eigenvalue weighted by Crippen LogP contribution is -2.68. The van der Waals surface area contributed by atoms with Crippen molar-refractivity contribution in [2.75, 3.05) is 26.3 Å². The van der Waals surface area contributed by atoms with E-state index in [1.54, 1.807) is 6.92 Å². The molecule has 1 heterocycles. The molecule has 7 heteroatoms. The Labute approximate surface area is 319 Å². The molecule has 6 nitrogen and oxygen atoms in total. The van der Waals surface area contributed by atoms with E-state index in [1.807, 2.05) is 4.90 Å². The van der Waals surface area contributed by atoms with Gasteiger partial charge in [-0.3, -0.25) is 9.59 Å². The number of carbonyl (C=O) groups is 2. The number of aliphatic carboxylic acids is 1. The number of amides is 1. The molecular formula is C46H71FN2O4. The van der Waals surface area contributed by atoms with E-state index < -0.39 is 23.7 Å². The van der Waals surface area contributed by atoms with Crippen molar-refractivity contribution >= 4 is 11.9 Å². The van der Waals surface area contributed by atoms with Crippen LogP contribution in [-0.4, -0.2) is 64.4 Å². The molecule has 1 saturated heterocycles. The topological polar surface area (TPSA) is 89.9 Å². The van der Waals surface area contributed by atoms with Gasteiger partial charge < -0.3 is 20.4 Å². The highest BCUT2D eigenvalue weighted by molar-refractivity contribution is 5.75. The molecule has 1 aliphatic heterocycles. The normalized spacial score (nSPS) is 44.4. The van der Waals surface area contributed by atoms with Crippen molar-refractivity contribution in [2.24, 2.45) is 56.7 Å². The van der Waals surface area contributed by atoms with Crippen LogP contribution in [0.15, 0.2) is 35.5 Å². The zero-order valence-electron chi connectivity index (χ0n) is 34.2. The van der Waals surface area contributed by atoms with Crippen LogP contribution in [0.2, 0.25) is 0 Å². The molecule has 0 aromatic rings. The van der Waals surface area contributed by atoms with Crippen molar-refractivity contribution in [3.05, 3.63) is 35.5 Å². The number of alkyl halides is 1. The summed E-state index contributed by atoms with van der Waals surface area (Å²) in [5.74, 6) is 2.02. The number of piperidine rings is 1. The number of carbonyl (C=O) groups excluding carboxylic acids is 1. The molecule has 296 valence electrons. The van der Waals surface area contributed by atoms with Gasteiger partial charge in [-0.1, -0.05) is 58.9 Å². The third-order valence-electron chi connectivity index (χ3n) is 18.5. The Morgan fingerprint density at radius 3 is 2.21 bits per heavy atom. The summed E-state index contributed by atoms with van der Waals surface area (Å²) >= 11 is 0. The number of rotatable bonds is 8. The van der Waals surface area contributed by atoms with E-state index in [0.29, 0.717) is 68.4 Å². The maximum atomic E-state index is 14.0. The first-order valence-electron chi connectivity index (χ1n) is 21.4. The number of fused-ring (bicyclic) bond motifs is 7. The maximum Gasteiger partial charge on any atom is 0.312 e. The summed E-state index contributed by atoms with van der Waals surface area (Å²) in [6.07, 6.45) is 18.9. The van der Waals surface area contributed by atoms with Gasteiger partial charge in [0, 0.05) is 25.6 Å². The zero-order valence-corrected chi connectivity index (χ0v) is 34.2. The molecule has 0 aromatic heterocycles. The molecule has 0 aromatic carbocycles. The fraction of sp³-hybridized carbons (Fsp3) is 0.826. The van der Waals surface area contributed by atoms with Crippen LogP contribution >= 0.6 is 0 Å². The smallest absolute Gasteiger partial charge is 0.312 e. The first-order chi connectivity index (χ1) is 24.8. The number of halogens is 1. The standard InChI is InChI=1S/C46H71FN2O4/c1-30(2)33-13-20-46(48-26-23-45(53)24-27-49(28-25-45)31(3)50)22-21-42(7)35(38(33)46)9-10-37-41(6)16-14-34(40(4,5)36(41)15-17-43(37,42)8)32-11-18-44(29-47,19-12-32)39(51)52/h11,14,33,35-38,48,53H,1,9-10,12-13,15-29H2,2-8H3,(H,51,52)/t33-,35?,36?,37+,38+,41?,42+,43?,44-,46?/m0/s1. The van der Waals surface area contributed by atoms with E-state index in [0.717, 1.165) is 19.4 Å². The number of likely N-dealkylation sites (tertiary alicyclic amines) is 1. The van der Waals surface area contributed by atoms with E-state index in [-0.39, 0.29) is 39.5 Å². The molecule has 0 bridgehead atoms. The third-order valence-corrected chi connectivity index (χ3v) is 18.5. The van der Waals surface area contributed by atoms with E-state index in [1.165, 1.54) is 68.1 Å². The van der Waals surface area contributed by atoms with Gasteiger partial charge in [0.1, 0.15) is 6.67 Å². The molecule has 3 N–H and O–H groups in total.